The van der Waals surface area contributed by atoms with Gasteiger partial charge in [-0.3, -0.25) is 4.79 Å². The molecule has 98 valence electrons. The Bertz CT molecular complexity index is 500. The molecule has 0 atom stereocenters. The molecule has 0 spiro atoms. The number of rotatable bonds is 4. The summed E-state index contributed by atoms with van der Waals surface area (Å²) < 4.78 is 2.00. The van der Waals surface area contributed by atoms with Crippen molar-refractivity contribution in [2.45, 2.75) is 64.6 Å². The molecule has 1 aromatic heterocycles. The Hall–Kier alpha value is -1.09. The largest absolute Gasteiger partial charge is 0.312 e. The van der Waals surface area contributed by atoms with Crippen molar-refractivity contribution in [2.75, 3.05) is 0 Å². The molecule has 1 N–H and O–H groups in total. The van der Waals surface area contributed by atoms with Crippen molar-refractivity contribution in [1.29, 1.82) is 0 Å². The summed E-state index contributed by atoms with van der Waals surface area (Å²) in [6.07, 6.45) is 7.26. The van der Waals surface area contributed by atoms with Gasteiger partial charge in [-0.2, -0.15) is 0 Å². The first-order chi connectivity index (χ1) is 8.79. The van der Waals surface area contributed by atoms with Gasteiger partial charge in [0.1, 0.15) is 0 Å². The summed E-state index contributed by atoms with van der Waals surface area (Å²) in [5.74, 6) is 0. The quantitative estimate of drug-likeness (QED) is 0.881. The highest BCUT2D eigenvalue weighted by Gasteiger charge is 2.22. The van der Waals surface area contributed by atoms with E-state index < -0.39 is 0 Å². The van der Waals surface area contributed by atoms with Gasteiger partial charge in [0.25, 0.3) is 5.56 Å². The van der Waals surface area contributed by atoms with Gasteiger partial charge in [-0.05, 0) is 57.1 Å². The molecule has 0 unspecified atom stereocenters. The van der Waals surface area contributed by atoms with Gasteiger partial charge in [0.05, 0.1) is 0 Å². The van der Waals surface area contributed by atoms with Crippen LogP contribution in [0.15, 0.2) is 10.9 Å². The Kier molecular flexibility index (Phi) is 3.25. The van der Waals surface area contributed by atoms with Gasteiger partial charge < -0.3 is 9.88 Å². The minimum absolute atomic E-state index is 0.228. The predicted molar refractivity (Wildman–Crippen MR) is 72.9 cm³/mol. The Labute approximate surface area is 108 Å². The average Bonchev–Trinajstić information content (AvgIpc) is 3.20. The van der Waals surface area contributed by atoms with Crippen LogP contribution in [-0.2, 0) is 25.9 Å². The van der Waals surface area contributed by atoms with E-state index in [4.69, 9.17) is 0 Å². The highest BCUT2D eigenvalue weighted by molar-refractivity contribution is 5.29. The monoisotopic (exact) mass is 246 g/mol. The molecule has 3 rings (SSSR count). The summed E-state index contributed by atoms with van der Waals surface area (Å²) in [6.45, 7) is 3.63. The number of pyridine rings is 1. The van der Waals surface area contributed by atoms with Crippen molar-refractivity contribution in [3.63, 3.8) is 0 Å². The Balaban J connectivity index is 1.94. The van der Waals surface area contributed by atoms with E-state index in [9.17, 15) is 4.79 Å². The van der Waals surface area contributed by atoms with Crippen molar-refractivity contribution < 1.29 is 0 Å². The topological polar surface area (TPSA) is 34.0 Å². The zero-order valence-corrected chi connectivity index (χ0v) is 11.2. The average molecular weight is 246 g/mol. The highest BCUT2D eigenvalue weighted by atomic mass is 16.1. The molecule has 18 heavy (non-hydrogen) atoms. The molecular formula is C15H22N2O. The van der Waals surface area contributed by atoms with Crippen LogP contribution in [-0.4, -0.2) is 10.6 Å². The summed E-state index contributed by atoms with van der Waals surface area (Å²) in [7, 11) is 0. The highest BCUT2D eigenvalue weighted by Crippen LogP contribution is 2.22. The molecular weight excluding hydrogens is 224 g/mol. The molecule has 2 aliphatic carbocycles. The summed E-state index contributed by atoms with van der Waals surface area (Å²) in [5, 5.41) is 3.46. The SMILES string of the molecule is CCn1c2c(cc(CNC3CC3)c1=O)CCCC2. The first-order valence-electron chi connectivity index (χ1n) is 7.27. The van der Waals surface area contributed by atoms with Crippen LogP contribution in [0.5, 0.6) is 0 Å². The van der Waals surface area contributed by atoms with Crippen LogP contribution in [0.4, 0.5) is 0 Å². The minimum Gasteiger partial charge on any atom is -0.312 e. The van der Waals surface area contributed by atoms with Gasteiger partial charge >= 0.3 is 0 Å². The van der Waals surface area contributed by atoms with Crippen molar-refractivity contribution in [1.82, 2.24) is 9.88 Å². The second-order valence-electron chi connectivity index (χ2n) is 5.55. The van der Waals surface area contributed by atoms with Crippen LogP contribution in [0, 0.1) is 0 Å². The van der Waals surface area contributed by atoms with Crippen LogP contribution >= 0.6 is 0 Å². The summed E-state index contributed by atoms with van der Waals surface area (Å²) in [5.41, 5.74) is 3.90. The third kappa shape index (κ3) is 2.24. The molecule has 1 fully saturated rings. The van der Waals surface area contributed by atoms with Crippen LogP contribution in [0.25, 0.3) is 0 Å². The van der Waals surface area contributed by atoms with E-state index in [0.29, 0.717) is 6.04 Å². The van der Waals surface area contributed by atoms with Crippen LogP contribution in [0.1, 0.15) is 49.4 Å². The molecule has 0 radical (unpaired) electrons. The number of nitrogens with zero attached hydrogens (tertiary/aromatic N) is 1. The minimum atomic E-state index is 0.228. The second-order valence-corrected chi connectivity index (χ2v) is 5.55. The van der Waals surface area contributed by atoms with Crippen LogP contribution < -0.4 is 10.9 Å². The lowest BCUT2D eigenvalue weighted by molar-refractivity contribution is 0.578. The molecule has 0 bridgehead atoms. The van der Waals surface area contributed by atoms with Gasteiger partial charge in [0.15, 0.2) is 0 Å². The smallest absolute Gasteiger partial charge is 0.255 e. The Morgan fingerprint density at radius 3 is 2.83 bits per heavy atom. The lowest BCUT2D eigenvalue weighted by Crippen LogP contribution is -2.31. The molecule has 0 saturated heterocycles. The van der Waals surface area contributed by atoms with Gasteiger partial charge in [-0.15, -0.1) is 0 Å². The third-order valence-corrected chi connectivity index (χ3v) is 4.15. The zero-order valence-electron chi connectivity index (χ0n) is 11.2. The van der Waals surface area contributed by atoms with E-state index in [-0.39, 0.29) is 5.56 Å². The van der Waals surface area contributed by atoms with E-state index in [0.717, 1.165) is 31.5 Å². The lowest BCUT2D eigenvalue weighted by Gasteiger charge is -2.21. The normalized spacial score (nSPS) is 18.7. The standard InChI is InChI=1S/C15H22N2O/c1-2-17-14-6-4-3-5-11(14)9-12(15(17)18)10-16-13-7-8-13/h9,13,16H,2-8,10H2,1H3. The number of nitrogens with one attached hydrogen (secondary N) is 1. The number of aromatic nitrogens is 1. The fraction of sp³-hybridized carbons (Fsp3) is 0.667. The Morgan fingerprint density at radius 1 is 1.33 bits per heavy atom. The van der Waals surface area contributed by atoms with Crippen molar-refractivity contribution in [3.05, 3.63) is 33.2 Å². The van der Waals surface area contributed by atoms with Gasteiger partial charge in [0, 0.05) is 30.4 Å². The van der Waals surface area contributed by atoms with Crippen molar-refractivity contribution in [3.8, 4) is 0 Å². The molecule has 3 nitrogen and oxygen atoms in total. The second kappa shape index (κ2) is 4.88. The maximum absolute atomic E-state index is 12.4. The van der Waals surface area contributed by atoms with Crippen molar-refractivity contribution >= 4 is 0 Å². The first-order valence-corrected chi connectivity index (χ1v) is 7.27. The molecule has 1 aromatic rings. The molecule has 3 heteroatoms. The molecule has 0 amide bonds. The first kappa shape index (κ1) is 12.0. The van der Waals surface area contributed by atoms with E-state index in [2.05, 4.69) is 18.3 Å². The fourth-order valence-corrected chi connectivity index (χ4v) is 2.95. The van der Waals surface area contributed by atoms with Gasteiger partial charge in [0.2, 0.25) is 0 Å². The molecule has 1 heterocycles. The molecule has 1 saturated carbocycles. The predicted octanol–water partition coefficient (Wildman–Crippen LogP) is 2.00. The van der Waals surface area contributed by atoms with E-state index in [1.54, 1.807) is 0 Å². The van der Waals surface area contributed by atoms with Gasteiger partial charge in [-0.25, -0.2) is 0 Å². The van der Waals surface area contributed by atoms with E-state index in [1.807, 2.05) is 4.57 Å². The lowest BCUT2D eigenvalue weighted by atomic mass is 9.94. The van der Waals surface area contributed by atoms with Crippen molar-refractivity contribution in [2.24, 2.45) is 0 Å². The Morgan fingerprint density at radius 2 is 2.11 bits per heavy atom. The maximum atomic E-state index is 12.4. The summed E-state index contributed by atoms with van der Waals surface area (Å²) in [6, 6.07) is 2.83. The molecule has 0 aliphatic heterocycles. The zero-order chi connectivity index (χ0) is 12.5. The molecule has 2 aliphatic rings. The molecule has 0 aromatic carbocycles. The van der Waals surface area contributed by atoms with E-state index >= 15 is 0 Å². The number of hydrogen-bond donors (Lipinski definition) is 1. The third-order valence-electron chi connectivity index (χ3n) is 4.15. The summed E-state index contributed by atoms with van der Waals surface area (Å²) in [4.78, 5) is 12.4. The maximum Gasteiger partial charge on any atom is 0.255 e. The number of aryl methyl sites for hydroxylation is 1. The van der Waals surface area contributed by atoms with Crippen LogP contribution in [0.2, 0.25) is 0 Å². The van der Waals surface area contributed by atoms with E-state index in [1.165, 1.54) is 36.9 Å². The summed E-state index contributed by atoms with van der Waals surface area (Å²) >= 11 is 0. The number of fused-ring (bicyclic) bond motifs is 1. The fourth-order valence-electron chi connectivity index (χ4n) is 2.95. The number of hydrogen-bond acceptors (Lipinski definition) is 2. The van der Waals surface area contributed by atoms with Crippen LogP contribution in [0.3, 0.4) is 0 Å². The van der Waals surface area contributed by atoms with Gasteiger partial charge in [-0.1, -0.05) is 0 Å².